The van der Waals surface area contributed by atoms with E-state index in [0.717, 1.165) is 11.3 Å². The van der Waals surface area contributed by atoms with Gasteiger partial charge in [0.05, 0.1) is 20.3 Å². The lowest BCUT2D eigenvalue weighted by Gasteiger charge is -2.15. The van der Waals surface area contributed by atoms with Crippen molar-refractivity contribution in [3.8, 4) is 11.5 Å². The lowest BCUT2D eigenvalue weighted by atomic mass is 10.1. The van der Waals surface area contributed by atoms with Crippen LogP contribution < -0.4 is 20.1 Å². The van der Waals surface area contributed by atoms with E-state index < -0.39 is 0 Å². The molecule has 7 heteroatoms. The molecule has 0 fully saturated rings. The summed E-state index contributed by atoms with van der Waals surface area (Å²) in [6.07, 6.45) is 0. The van der Waals surface area contributed by atoms with Crippen molar-refractivity contribution in [2.75, 3.05) is 33.2 Å². The number of ether oxygens (including phenoxy) is 3. The normalized spacial score (nSPS) is 11.2. The van der Waals surface area contributed by atoms with Crippen molar-refractivity contribution in [2.45, 2.75) is 20.1 Å². The van der Waals surface area contributed by atoms with Gasteiger partial charge in [-0.05, 0) is 36.8 Å². The van der Waals surface area contributed by atoms with Crippen LogP contribution in [0.4, 0.5) is 10.1 Å². The molecule has 2 aromatic rings. The highest BCUT2D eigenvalue weighted by Crippen LogP contribution is 2.30. The Labute approximate surface area is 159 Å². The highest BCUT2D eigenvalue weighted by Gasteiger charge is 2.08. The summed E-state index contributed by atoms with van der Waals surface area (Å²) in [6, 6.07) is 10.5. The molecule has 0 heterocycles. The minimum absolute atomic E-state index is 0.235. The Morgan fingerprint density at radius 3 is 2.59 bits per heavy atom. The van der Waals surface area contributed by atoms with Crippen molar-refractivity contribution in [2.24, 2.45) is 4.99 Å². The largest absolute Gasteiger partial charge is 0.493 e. The second kappa shape index (κ2) is 10.4. The van der Waals surface area contributed by atoms with Crippen LogP contribution in [0, 0.1) is 5.82 Å². The Bertz CT molecular complexity index is 781. The third-order valence-corrected chi connectivity index (χ3v) is 3.82. The predicted octanol–water partition coefficient (Wildman–Crippen LogP) is 3.57. The molecule has 6 nitrogen and oxygen atoms in total. The fourth-order valence-corrected chi connectivity index (χ4v) is 2.53. The van der Waals surface area contributed by atoms with Crippen LogP contribution in [-0.2, 0) is 17.9 Å². The summed E-state index contributed by atoms with van der Waals surface area (Å²) in [5.41, 5.74) is 2.26. The average molecular weight is 375 g/mol. The number of nitrogens with zero attached hydrogens (tertiary/aromatic N) is 1. The van der Waals surface area contributed by atoms with Crippen LogP contribution in [0.2, 0.25) is 0 Å². The quantitative estimate of drug-likeness (QED) is 0.546. The van der Waals surface area contributed by atoms with Gasteiger partial charge in [0.1, 0.15) is 5.82 Å². The van der Waals surface area contributed by atoms with Crippen LogP contribution >= 0.6 is 0 Å². The Kier molecular flexibility index (Phi) is 7.88. The number of aliphatic imine (C=N–C) groups is 1. The number of nitrogens with one attached hydrogen (secondary N) is 2. The number of hydrogen-bond donors (Lipinski definition) is 2. The monoisotopic (exact) mass is 375 g/mol. The van der Waals surface area contributed by atoms with Gasteiger partial charge in [-0.1, -0.05) is 6.07 Å². The highest BCUT2D eigenvalue weighted by molar-refractivity contribution is 5.93. The number of guanidine groups is 1. The van der Waals surface area contributed by atoms with E-state index in [0.29, 0.717) is 36.2 Å². The van der Waals surface area contributed by atoms with Crippen molar-refractivity contribution in [1.82, 2.24) is 5.32 Å². The van der Waals surface area contributed by atoms with Gasteiger partial charge >= 0.3 is 0 Å². The fourth-order valence-electron chi connectivity index (χ4n) is 2.53. The Balaban J connectivity index is 2.03. The minimum Gasteiger partial charge on any atom is -0.493 e. The zero-order valence-electron chi connectivity index (χ0n) is 16.1. The van der Waals surface area contributed by atoms with Crippen LogP contribution in [0.25, 0.3) is 0 Å². The maximum atomic E-state index is 13.7. The molecule has 2 N–H and O–H groups in total. The van der Waals surface area contributed by atoms with Gasteiger partial charge in [-0.25, -0.2) is 4.39 Å². The van der Waals surface area contributed by atoms with Gasteiger partial charge in [0.25, 0.3) is 0 Å². The van der Waals surface area contributed by atoms with E-state index >= 15 is 0 Å². The van der Waals surface area contributed by atoms with Gasteiger partial charge in [-0.3, -0.25) is 4.99 Å². The first kappa shape index (κ1) is 20.5. The second-order valence-electron chi connectivity index (χ2n) is 5.71. The molecule has 0 saturated heterocycles. The molecule has 0 atom stereocenters. The van der Waals surface area contributed by atoms with Crippen LogP contribution in [0.5, 0.6) is 11.5 Å². The molecule has 0 unspecified atom stereocenters. The number of hydrogen-bond acceptors (Lipinski definition) is 4. The van der Waals surface area contributed by atoms with E-state index in [1.54, 1.807) is 33.4 Å². The zero-order chi connectivity index (χ0) is 19.6. The smallest absolute Gasteiger partial charge is 0.195 e. The van der Waals surface area contributed by atoms with Crippen molar-refractivity contribution < 1.29 is 18.6 Å². The standard InChI is InChI=1S/C20H26FN3O3/c1-5-27-18-9-7-16(11-19(18)26-4)24-20(22-2)23-12-14-6-8-17(21)15(10-14)13-25-3/h6-11H,5,12-13H2,1-4H3,(H2,22,23,24). The maximum absolute atomic E-state index is 13.7. The van der Waals surface area contributed by atoms with E-state index in [1.807, 2.05) is 25.1 Å². The van der Waals surface area contributed by atoms with Gasteiger partial charge in [-0.2, -0.15) is 0 Å². The summed E-state index contributed by atoms with van der Waals surface area (Å²) in [5, 5.41) is 6.40. The van der Waals surface area contributed by atoms with Gasteiger partial charge in [0.15, 0.2) is 17.5 Å². The zero-order valence-corrected chi connectivity index (χ0v) is 16.1. The predicted molar refractivity (Wildman–Crippen MR) is 105 cm³/mol. The maximum Gasteiger partial charge on any atom is 0.195 e. The molecule has 0 bridgehead atoms. The molecular weight excluding hydrogens is 349 g/mol. The van der Waals surface area contributed by atoms with Crippen molar-refractivity contribution in [1.29, 1.82) is 0 Å². The van der Waals surface area contributed by atoms with Gasteiger partial charge < -0.3 is 24.8 Å². The summed E-state index contributed by atoms with van der Waals surface area (Å²) < 4.78 is 29.6. The van der Waals surface area contributed by atoms with Crippen LogP contribution in [0.3, 0.4) is 0 Å². The van der Waals surface area contributed by atoms with Crippen molar-refractivity contribution in [3.63, 3.8) is 0 Å². The van der Waals surface area contributed by atoms with E-state index in [1.165, 1.54) is 6.07 Å². The van der Waals surface area contributed by atoms with Crippen molar-refractivity contribution in [3.05, 3.63) is 53.3 Å². The molecule has 0 aliphatic heterocycles. The number of rotatable bonds is 8. The minimum atomic E-state index is -0.274. The Hall–Kier alpha value is -2.80. The van der Waals surface area contributed by atoms with Crippen LogP contribution in [0.1, 0.15) is 18.1 Å². The third-order valence-electron chi connectivity index (χ3n) is 3.82. The van der Waals surface area contributed by atoms with E-state index in [2.05, 4.69) is 15.6 Å². The van der Waals surface area contributed by atoms with Gasteiger partial charge in [0.2, 0.25) is 0 Å². The summed E-state index contributed by atoms with van der Waals surface area (Å²) in [5.74, 6) is 1.63. The van der Waals surface area contributed by atoms with E-state index in [-0.39, 0.29) is 12.4 Å². The first-order valence-electron chi connectivity index (χ1n) is 8.66. The number of benzene rings is 2. The Morgan fingerprint density at radius 2 is 1.93 bits per heavy atom. The summed E-state index contributed by atoms with van der Waals surface area (Å²) in [6.45, 7) is 3.21. The van der Waals surface area contributed by atoms with Crippen LogP contribution in [-0.4, -0.2) is 33.8 Å². The summed E-state index contributed by atoms with van der Waals surface area (Å²) in [4.78, 5) is 4.21. The number of anilines is 1. The fraction of sp³-hybridized carbons (Fsp3) is 0.350. The summed E-state index contributed by atoms with van der Waals surface area (Å²) in [7, 11) is 4.82. The molecular formula is C20H26FN3O3. The first-order chi connectivity index (χ1) is 13.1. The summed E-state index contributed by atoms with van der Waals surface area (Å²) >= 11 is 0. The van der Waals surface area contributed by atoms with Crippen LogP contribution in [0.15, 0.2) is 41.4 Å². The lowest BCUT2D eigenvalue weighted by Crippen LogP contribution is -2.30. The van der Waals surface area contributed by atoms with Crippen molar-refractivity contribution >= 4 is 11.6 Å². The second-order valence-corrected chi connectivity index (χ2v) is 5.71. The van der Waals surface area contributed by atoms with E-state index in [4.69, 9.17) is 14.2 Å². The lowest BCUT2D eigenvalue weighted by molar-refractivity contribution is 0.181. The molecule has 0 radical (unpaired) electrons. The number of methoxy groups -OCH3 is 2. The molecule has 27 heavy (non-hydrogen) atoms. The molecule has 0 saturated carbocycles. The highest BCUT2D eigenvalue weighted by atomic mass is 19.1. The molecule has 0 aromatic heterocycles. The topological polar surface area (TPSA) is 64.1 Å². The molecule has 0 amide bonds. The SMILES string of the molecule is CCOc1ccc(NC(=NC)NCc2ccc(F)c(COC)c2)cc1OC. The Morgan fingerprint density at radius 1 is 1.11 bits per heavy atom. The molecule has 0 aliphatic rings. The van der Waals surface area contributed by atoms with E-state index in [9.17, 15) is 4.39 Å². The molecule has 0 aliphatic carbocycles. The van der Waals surface area contributed by atoms with Gasteiger partial charge in [0, 0.05) is 38.0 Å². The van der Waals surface area contributed by atoms with Gasteiger partial charge in [-0.15, -0.1) is 0 Å². The number of halogens is 1. The first-order valence-corrected chi connectivity index (χ1v) is 8.66. The molecule has 2 rings (SSSR count). The molecule has 146 valence electrons. The molecule has 0 spiro atoms. The third kappa shape index (κ3) is 5.86. The average Bonchev–Trinajstić information content (AvgIpc) is 2.68. The molecule has 2 aromatic carbocycles.